The standard InChI is InChI=1S/C25H32O6/c1-14(2)30-19-8-3-15(4-9-19)11-18-12-17(7-10-20(18)16-5-6-16)25-24(29)23(28)22(27)21(13-26)31-25/h3-4,7-10,12,14,16,21-29H,5-6,11,13H2,1-2H3/t21-,22-,23+,24-,25+/m1/s1. The van der Waals surface area contributed by atoms with Gasteiger partial charge in [0.2, 0.25) is 0 Å². The summed E-state index contributed by atoms with van der Waals surface area (Å²) in [7, 11) is 0. The summed E-state index contributed by atoms with van der Waals surface area (Å²) in [4.78, 5) is 0. The van der Waals surface area contributed by atoms with Crippen molar-refractivity contribution in [3.05, 3.63) is 64.7 Å². The summed E-state index contributed by atoms with van der Waals surface area (Å²) in [6.45, 7) is 3.57. The fourth-order valence-electron chi connectivity index (χ4n) is 4.30. The zero-order valence-electron chi connectivity index (χ0n) is 18.0. The summed E-state index contributed by atoms with van der Waals surface area (Å²) in [6, 6.07) is 14.1. The van der Waals surface area contributed by atoms with Gasteiger partial charge in [0.25, 0.3) is 0 Å². The van der Waals surface area contributed by atoms with Crippen molar-refractivity contribution in [2.45, 2.75) is 75.7 Å². The molecule has 0 radical (unpaired) electrons. The highest BCUT2D eigenvalue weighted by atomic mass is 16.5. The quantitative estimate of drug-likeness (QED) is 0.541. The van der Waals surface area contributed by atoms with Crippen LogP contribution in [-0.4, -0.2) is 57.6 Å². The second kappa shape index (κ2) is 9.27. The molecule has 4 N–H and O–H groups in total. The molecule has 6 nitrogen and oxygen atoms in total. The molecule has 6 heteroatoms. The van der Waals surface area contributed by atoms with Gasteiger partial charge >= 0.3 is 0 Å². The number of aliphatic hydroxyl groups is 4. The Labute approximate surface area is 183 Å². The summed E-state index contributed by atoms with van der Waals surface area (Å²) in [5.74, 6) is 1.40. The van der Waals surface area contributed by atoms with Crippen molar-refractivity contribution in [1.82, 2.24) is 0 Å². The summed E-state index contributed by atoms with van der Waals surface area (Å²) in [5.41, 5.74) is 4.35. The zero-order chi connectivity index (χ0) is 22.1. The van der Waals surface area contributed by atoms with Crippen LogP contribution in [0.25, 0.3) is 0 Å². The minimum atomic E-state index is -1.38. The predicted octanol–water partition coefficient (Wildman–Crippen LogP) is 2.46. The average Bonchev–Trinajstić information content (AvgIpc) is 3.59. The largest absolute Gasteiger partial charge is 0.491 e. The lowest BCUT2D eigenvalue weighted by molar-refractivity contribution is -0.231. The summed E-state index contributed by atoms with van der Waals surface area (Å²) < 4.78 is 11.5. The van der Waals surface area contributed by atoms with Gasteiger partial charge in [-0.2, -0.15) is 0 Å². The van der Waals surface area contributed by atoms with Crippen LogP contribution in [0.15, 0.2) is 42.5 Å². The molecule has 0 unspecified atom stereocenters. The maximum absolute atomic E-state index is 10.5. The second-order valence-electron chi connectivity index (χ2n) is 8.97. The summed E-state index contributed by atoms with van der Waals surface area (Å²) in [5, 5.41) is 40.3. The van der Waals surface area contributed by atoms with Crippen LogP contribution in [0, 0.1) is 0 Å². The number of hydrogen-bond acceptors (Lipinski definition) is 6. The Morgan fingerprint density at radius 1 is 0.968 bits per heavy atom. The van der Waals surface area contributed by atoms with Crippen LogP contribution in [0.3, 0.4) is 0 Å². The first-order valence-electron chi connectivity index (χ1n) is 11.1. The van der Waals surface area contributed by atoms with Gasteiger partial charge in [-0.3, -0.25) is 0 Å². The van der Waals surface area contributed by atoms with E-state index in [9.17, 15) is 20.4 Å². The molecule has 1 saturated carbocycles. The van der Waals surface area contributed by atoms with Gasteiger partial charge in [0, 0.05) is 0 Å². The molecule has 1 aliphatic heterocycles. The Kier molecular flexibility index (Phi) is 6.65. The van der Waals surface area contributed by atoms with Gasteiger partial charge in [-0.25, -0.2) is 0 Å². The molecule has 0 spiro atoms. The van der Waals surface area contributed by atoms with Gasteiger partial charge in [0.05, 0.1) is 12.7 Å². The monoisotopic (exact) mass is 428 g/mol. The van der Waals surface area contributed by atoms with E-state index in [1.165, 1.54) is 18.4 Å². The molecule has 2 aromatic rings. The SMILES string of the molecule is CC(C)Oc1ccc(Cc2cc([C@@H]3O[C@H](CO)[C@@H](O)[C@H](O)[C@H]3O)ccc2C2CC2)cc1. The fraction of sp³-hybridized carbons (Fsp3) is 0.520. The molecule has 0 amide bonds. The first kappa shape index (κ1) is 22.2. The van der Waals surface area contributed by atoms with Gasteiger partial charge in [-0.15, -0.1) is 0 Å². The number of rotatable bonds is 7. The molecule has 1 saturated heterocycles. The highest BCUT2D eigenvalue weighted by molar-refractivity contribution is 5.42. The van der Waals surface area contributed by atoms with Crippen molar-refractivity contribution in [3.63, 3.8) is 0 Å². The van der Waals surface area contributed by atoms with E-state index in [0.717, 1.165) is 28.9 Å². The molecule has 1 heterocycles. The molecular formula is C25H32O6. The molecule has 5 atom stereocenters. The van der Waals surface area contributed by atoms with Gasteiger partial charge in [0.1, 0.15) is 36.3 Å². The van der Waals surface area contributed by atoms with E-state index < -0.39 is 37.1 Å². The predicted molar refractivity (Wildman–Crippen MR) is 116 cm³/mol. The second-order valence-corrected chi connectivity index (χ2v) is 8.97. The Hall–Kier alpha value is -1.96. The first-order valence-corrected chi connectivity index (χ1v) is 11.1. The molecule has 31 heavy (non-hydrogen) atoms. The molecule has 1 aliphatic carbocycles. The summed E-state index contributed by atoms with van der Waals surface area (Å²) >= 11 is 0. The lowest BCUT2D eigenvalue weighted by Crippen LogP contribution is -2.55. The fourth-order valence-corrected chi connectivity index (χ4v) is 4.30. The maximum atomic E-state index is 10.5. The van der Waals surface area contributed by atoms with Crippen LogP contribution in [0.1, 0.15) is 61.0 Å². The Morgan fingerprint density at radius 3 is 2.29 bits per heavy atom. The third-order valence-corrected chi connectivity index (χ3v) is 6.09. The van der Waals surface area contributed by atoms with Gasteiger partial charge in [-0.1, -0.05) is 30.3 Å². The molecule has 2 fully saturated rings. The van der Waals surface area contributed by atoms with E-state index >= 15 is 0 Å². The van der Waals surface area contributed by atoms with E-state index in [0.29, 0.717) is 5.92 Å². The van der Waals surface area contributed by atoms with Crippen LogP contribution in [0.5, 0.6) is 5.75 Å². The van der Waals surface area contributed by atoms with Crippen LogP contribution in [0.2, 0.25) is 0 Å². The van der Waals surface area contributed by atoms with Crippen molar-refractivity contribution in [1.29, 1.82) is 0 Å². The number of ether oxygens (including phenoxy) is 2. The third-order valence-electron chi connectivity index (χ3n) is 6.09. The van der Waals surface area contributed by atoms with Crippen molar-refractivity contribution in [3.8, 4) is 5.75 Å². The minimum Gasteiger partial charge on any atom is -0.491 e. The molecule has 0 aromatic heterocycles. The molecule has 168 valence electrons. The summed E-state index contributed by atoms with van der Waals surface area (Å²) in [6.07, 6.45) is -2.52. The minimum absolute atomic E-state index is 0.127. The topological polar surface area (TPSA) is 99.4 Å². The van der Waals surface area contributed by atoms with Gasteiger partial charge in [0.15, 0.2) is 0 Å². The highest BCUT2D eigenvalue weighted by Crippen LogP contribution is 2.43. The molecule has 4 rings (SSSR count). The Bertz CT molecular complexity index is 874. The van der Waals surface area contributed by atoms with Crippen molar-refractivity contribution < 1.29 is 29.9 Å². The van der Waals surface area contributed by atoms with Crippen LogP contribution < -0.4 is 4.74 Å². The van der Waals surface area contributed by atoms with E-state index in [-0.39, 0.29) is 6.10 Å². The molecular weight excluding hydrogens is 396 g/mol. The smallest absolute Gasteiger partial charge is 0.119 e. The van der Waals surface area contributed by atoms with Crippen molar-refractivity contribution in [2.24, 2.45) is 0 Å². The molecule has 0 bridgehead atoms. The molecule has 2 aliphatic rings. The third kappa shape index (κ3) is 4.94. The van der Waals surface area contributed by atoms with Gasteiger partial charge in [-0.05, 0) is 73.4 Å². The maximum Gasteiger partial charge on any atom is 0.119 e. The number of benzene rings is 2. The lowest BCUT2D eigenvalue weighted by atomic mass is 9.88. The first-order chi connectivity index (χ1) is 14.9. The molecule has 2 aromatic carbocycles. The Balaban J connectivity index is 1.60. The zero-order valence-corrected chi connectivity index (χ0v) is 18.0. The van der Waals surface area contributed by atoms with E-state index in [1.807, 2.05) is 38.1 Å². The normalized spacial score (nSPS) is 28.7. The van der Waals surface area contributed by atoms with Crippen LogP contribution >= 0.6 is 0 Å². The van der Waals surface area contributed by atoms with Crippen LogP contribution in [0.4, 0.5) is 0 Å². The number of aliphatic hydroxyl groups excluding tert-OH is 4. The van der Waals surface area contributed by atoms with Crippen molar-refractivity contribution >= 4 is 0 Å². The van der Waals surface area contributed by atoms with Crippen LogP contribution in [-0.2, 0) is 11.2 Å². The lowest BCUT2D eigenvalue weighted by Gasteiger charge is -2.40. The Morgan fingerprint density at radius 2 is 1.68 bits per heavy atom. The van der Waals surface area contributed by atoms with Gasteiger partial charge < -0.3 is 29.9 Å². The van der Waals surface area contributed by atoms with Crippen molar-refractivity contribution in [2.75, 3.05) is 6.61 Å². The van der Waals surface area contributed by atoms with E-state index in [4.69, 9.17) is 9.47 Å². The highest BCUT2D eigenvalue weighted by Gasteiger charge is 2.44. The number of hydrogen-bond donors (Lipinski definition) is 4. The average molecular weight is 429 g/mol. The van der Waals surface area contributed by atoms with E-state index in [1.54, 1.807) is 0 Å². The van der Waals surface area contributed by atoms with E-state index in [2.05, 4.69) is 18.2 Å².